The van der Waals surface area contributed by atoms with Crippen LogP contribution >= 0.6 is 0 Å². The van der Waals surface area contributed by atoms with Crippen LogP contribution in [-0.2, 0) is 0 Å². The topological polar surface area (TPSA) is 81.8 Å². The maximum Gasteiger partial charge on any atom is 0.226 e. The number of nitrogens with one attached hydrogen (secondary N) is 3. The average molecular weight is 289 g/mol. The zero-order valence-corrected chi connectivity index (χ0v) is 12.5. The van der Waals surface area contributed by atoms with E-state index in [2.05, 4.69) is 35.5 Å². The fourth-order valence-corrected chi connectivity index (χ4v) is 2.71. The van der Waals surface area contributed by atoms with Crippen LogP contribution < -0.4 is 10.6 Å². The monoisotopic (exact) mass is 289 g/mol. The molecule has 0 amide bonds. The highest BCUT2D eigenvalue weighted by atomic mass is 15.2. The SMILES string of the molecule is CCNc1nc(NCCCN2CCCC2)c2[nH]cnc2n1. The lowest BCUT2D eigenvalue weighted by molar-refractivity contribution is 0.337. The number of aromatic nitrogens is 4. The smallest absolute Gasteiger partial charge is 0.226 e. The Morgan fingerprint density at radius 1 is 1.24 bits per heavy atom. The number of likely N-dealkylation sites (tertiary alicyclic amines) is 1. The van der Waals surface area contributed by atoms with Crippen LogP contribution in [0.4, 0.5) is 11.8 Å². The van der Waals surface area contributed by atoms with Gasteiger partial charge in [-0.15, -0.1) is 0 Å². The Kier molecular flexibility index (Phi) is 4.49. The first-order valence-corrected chi connectivity index (χ1v) is 7.78. The zero-order chi connectivity index (χ0) is 14.5. The Balaban J connectivity index is 1.60. The average Bonchev–Trinajstić information content (AvgIpc) is 3.14. The zero-order valence-electron chi connectivity index (χ0n) is 12.5. The molecule has 0 aromatic carbocycles. The first-order valence-electron chi connectivity index (χ1n) is 7.78. The van der Waals surface area contributed by atoms with Crippen LogP contribution in [0, 0.1) is 0 Å². The summed E-state index contributed by atoms with van der Waals surface area (Å²) in [6.45, 7) is 7.40. The highest BCUT2D eigenvalue weighted by Gasteiger charge is 2.11. The molecule has 7 nitrogen and oxygen atoms in total. The van der Waals surface area contributed by atoms with E-state index in [4.69, 9.17) is 0 Å². The maximum absolute atomic E-state index is 4.51. The number of aromatic amines is 1. The largest absolute Gasteiger partial charge is 0.368 e. The Morgan fingerprint density at radius 2 is 2.10 bits per heavy atom. The Bertz CT molecular complexity index is 574. The molecule has 21 heavy (non-hydrogen) atoms. The van der Waals surface area contributed by atoms with Gasteiger partial charge in [-0.2, -0.15) is 9.97 Å². The van der Waals surface area contributed by atoms with E-state index in [0.717, 1.165) is 37.4 Å². The van der Waals surface area contributed by atoms with Gasteiger partial charge in [0, 0.05) is 13.1 Å². The van der Waals surface area contributed by atoms with Gasteiger partial charge in [0.25, 0.3) is 0 Å². The highest BCUT2D eigenvalue weighted by molar-refractivity contribution is 5.83. The van der Waals surface area contributed by atoms with Crippen LogP contribution in [0.1, 0.15) is 26.2 Å². The number of hydrogen-bond donors (Lipinski definition) is 3. The number of H-pyrrole nitrogens is 1. The van der Waals surface area contributed by atoms with E-state index in [-0.39, 0.29) is 0 Å². The summed E-state index contributed by atoms with van der Waals surface area (Å²) in [5.74, 6) is 1.45. The van der Waals surface area contributed by atoms with Crippen LogP contribution in [0.3, 0.4) is 0 Å². The van der Waals surface area contributed by atoms with Crippen molar-refractivity contribution in [3.63, 3.8) is 0 Å². The van der Waals surface area contributed by atoms with Crippen molar-refractivity contribution in [3.05, 3.63) is 6.33 Å². The standard InChI is InChI=1S/C14H23N7/c1-2-15-14-19-12(11-13(20-14)18-10-17-11)16-6-5-9-21-7-3-4-8-21/h10H,2-9H2,1H3,(H3,15,16,17,18,19,20). The molecular formula is C14H23N7. The molecule has 1 fully saturated rings. The van der Waals surface area contributed by atoms with Gasteiger partial charge >= 0.3 is 0 Å². The molecular weight excluding hydrogens is 266 g/mol. The predicted octanol–water partition coefficient (Wildman–Crippen LogP) is 1.68. The minimum absolute atomic E-state index is 0.624. The minimum Gasteiger partial charge on any atom is -0.368 e. The lowest BCUT2D eigenvalue weighted by Gasteiger charge is -2.14. The van der Waals surface area contributed by atoms with Gasteiger partial charge < -0.3 is 20.5 Å². The number of fused-ring (bicyclic) bond motifs is 1. The lowest BCUT2D eigenvalue weighted by atomic mass is 10.3. The van der Waals surface area contributed by atoms with Crippen molar-refractivity contribution in [2.24, 2.45) is 0 Å². The fraction of sp³-hybridized carbons (Fsp3) is 0.643. The van der Waals surface area contributed by atoms with E-state index in [1.54, 1.807) is 6.33 Å². The van der Waals surface area contributed by atoms with E-state index in [9.17, 15) is 0 Å². The highest BCUT2D eigenvalue weighted by Crippen LogP contribution is 2.18. The number of rotatable bonds is 7. The lowest BCUT2D eigenvalue weighted by Crippen LogP contribution is -2.22. The first kappa shape index (κ1) is 14.1. The molecule has 0 atom stereocenters. The van der Waals surface area contributed by atoms with Crippen molar-refractivity contribution in [2.45, 2.75) is 26.2 Å². The summed E-state index contributed by atoms with van der Waals surface area (Å²) in [4.78, 5) is 18.7. The number of anilines is 2. The van der Waals surface area contributed by atoms with E-state index in [0.29, 0.717) is 11.6 Å². The molecule has 3 rings (SSSR count). The summed E-state index contributed by atoms with van der Waals surface area (Å²) in [7, 11) is 0. The van der Waals surface area contributed by atoms with Gasteiger partial charge in [-0.1, -0.05) is 0 Å². The van der Waals surface area contributed by atoms with Gasteiger partial charge in [0.1, 0.15) is 5.52 Å². The maximum atomic E-state index is 4.51. The van der Waals surface area contributed by atoms with E-state index >= 15 is 0 Å². The van der Waals surface area contributed by atoms with E-state index in [1.807, 2.05) is 6.92 Å². The third kappa shape index (κ3) is 3.41. The molecule has 2 aromatic heterocycles. The summed E-state index contributed by atoms with van der Waals surface area (Å²) in [6.07, 6.45) is 5.47. The molecule has 0 saturated carbocycles. The molecule has 1 aliphatic rings. The van der Waals surface area contributed by atoms with Gasteiger partial charge in [-0.25, -0.2) is 4.98 Å². The summed E-state index contributed by atoms with van der Waals surface area (Å²) in [5.41, 5.74) is 1.57. The van der Waals surface area contributed by atoms with Gasteiger partial charge in [0.2, 0.25) is 5.95 Å². The normalized spacial score (nSPS) is 15.7. The molecule has 0 bridgehead atoms. The van der Waals surface area contributed by atoms with Crippen molar-refractivity contribution in [2.75, 3.05) is 43.4 Å². The molecule has 0 unspecified atom stereocenters. The van der Waals surface area contributed by atoms with Crippen LogP contribution in [0.2, 0.25) is 0 Å². The summed E-state index contributed by atoms with van der Waals surface area (Å²) in [6, 6.07) is 0. The molecule has 2 aromatic rings. The Labute approximate surface area is 124 Å². The molecule has 3 N–H and O–H groups in total. The second-order valence-electron chi connectivity index (χ2n) is 5.36. The Morgan fingerprint density at radius 3 is 2.90 bits per heavy atom. The van der Waals surface area contributed by atoms with Crippen LogP contribution in [0.5, 0.6) is 0 Å². The molecule has 1 saturated heterocycles. The van der Waals surface area contributed by atoms with Crippen LogP contribution in [0.25, 0.3) is 11.2 Å². The van der Waals surface area contributed by atoms with Gasteiger partial charge in [0.15, 0.2) is 11.5 Å². The molecule has 3 heterocycles. The van der Waals surface area contributed by atoms with E-state index < -0.39 is 0 Å². The number of hydrogen-bond acceptors (Lipinski definition) is 6. The minimum atomic E-state index is 0.624. The van der Waals surface area contributed by atoms with Crippen molar-refractivity contribution in [1.82, 2.24) is 24.8 Å². The second-order valence-corrected chi connectivity index (χ2v) is 5.36. The first-order chi connectivity index (χ1) is 10.4. The Hall–Kier alpha value is -1.89. The van der Waals surface area contributed by atoms with Crippen LogP contribution in [-0.4, -0.2) is 57.6 Å². The van der Waals surface area contributed by atoms with Gasteiger partial charge in [0.05, 0.1) is 6.33 Å². The number of imidazole rings is 1. The summed E-state index contributed by atoms with van der Waals surface area (Å²) in [5, 5.41) is 6.55. The molecule has 0 radical (unpaired) electrons. The molecule has 114 valence electrons. The van der Waals surface area contributed by atoms with Crippen molar-refractivity contribution < 1.29 is 0 Å². The van der Waals surface area contributed by atoms with Crippen molar-refractivity contribution in [1.29, 1.82) is 0 Å². The number of nitrogens with zero attached hydrogens (tertiary/aromatic N) is 4. The molecule has 0 spiro atoms. The van der Waals surface area contributed by atoms with Crippen molar-refractivity contribution >= 4 is 22.9 Å². The summed E-state index contributed by atoms with van der Waals surface area (Å²) < 4.78 is 0. The summed E-state index contributed by atoms with van der Waals surface area (Å²) >= 11 is 0. The fourth-order valence-electron chi connectivity index (χ4n) is 2.71. The third-order valence-corrected chi connectivity index (χ3v) is 3.76. The van der Waals surface area contributed by atoms with Crippen LogP contribution in [0.15, 0.2) is 6.33 Å². The molecule has 0 aliphatic carbocycles. The molecule has 7 heteroatoms. The van der Waals surface area contributed by atoms with Gasteiger partial charge in [-0.05, 0) is 45.8 Å². The van der Waals surface area contributed by atoms with Crippen molar-refractivity contribution in [3.8, 4) is 0 Å². The second kappa shape index (κ2) is 6.71. The quantitative estimate of drug-likeness (QED) is 0.673. The van der Waals surface area contributed by atoms with Gasteiger partial charge in [-0.3, -0.25) is 0 Å². The molecule has 1 aliphatic heterocycles. The van der Waals surface area contributed by atoms with E-state index in [1.165, 1.54) is 25.9 Å². The predicted molar refractivity (Wildman–Crippen MR) is 84.6 cm³/mol. The third-order valence-electron chi connectivity index (χ3n) is 3.76.